The van der Waals surface area contributed by atoms with Gasteiger partial charge in [0.15, 0.2) is 0 Å². The van der Waals surface area contributed by atoms with Gasteiger partial charge in [0, 0.05) is 26.4 Å². The van der Waals surface area contributed by atoms with Crippen molar-refractivity contribution in [3.05, 3.63) is 34.2 Å². The van der Waals surface area contributed by atoms with E-state index in [4.69, 9.17) is 9.84 Å². The van der Waals surface area contributed by atoms with E-state index in [0.29, 0.717) is 13.2 Å². The summed E-state index contributed by atoms with van der Waals surface area (Å²) in [6.07, 6.45) is 1.46. The molecule has 0 spiro atoms. The average Bonchev–Trinajstić information content (AvgIpc) is 2.34. The van der Waals surface area contributed by atoms with Crippen LogP contribution in [-0.4, -0.2) is 54.3 Å². The zero-order chi connectivity index (χ0) is 12.7. The number of rotatable bonds is 6. The Labute approximate surface area is 98.8 Å². The average molecular weight is 240 g/mol. The number of nitrogens with one attached hydrogen (secondary N) is 1. The first-order valence-corrected chi connectivity index (χ1v) is 5.27. The topological polar surface area (TPSA) is 82.6 Å². The molecule has 0 aliphatic heterocycles. The molecule has 0 saturated carbocycles. The molecule has 2 N–H and O–H groups in total. The minimum atomic E-state index is -0.433. The maximum atomic E-state index is 12.0. The lowest BCUT2D eigenvalue weighted by Gasteiger charge is -2.20. The highest BCUT2D eigenvalue weighted by molar-refractivity contribution is 5.93. The summed E-state index contributed by atoms with van der Waals surface area (Å²) in [5.74, 6) is -0.405. The van der Waals surface area contributed by atoms with E-state index in [9.17, 15) is 9.59 Å². The smallest absolute Gasteiger partial charge is 0.260 e. The number of aliphatic hydroxyl groups is 1. The summed E-state index contributed by atoms with van der Waals surface area (Å²) in [4.78, 5) is 27.3. The number of aromatic nitrogens is 1. The quantitative estimate of drug-likeness (QED) is 0.699. The lowest BCUT2D eigenvalue weighted by Crippen LogP contribution is -2.38. The molecule has 6 heteroatoms. The van der Waals surface area contributed by atoms with E-state index in [2.05, 4.69) is 4.98 Å². The number of carbonyl (C=O) groups excluding carboxylic acids is 1. The monoisotopic (exact) mass is 240 g/mol. The van der Waals surface area contributed by atoms with E-state index in [1.807, 2.05) is 0 Å². The Bertz CT molecular complexity index is 416. The van der Waals surface area contributed by atoms with Gasteiger partial charge in [-0.25, -0.2) is 0 Å². The van der Waals surface area contributed by atoms with E-state index in [1.54, 1.807) is 6.07 Å². The second-order valence-electron chi connectivity index (χ2n) is 3.42. The first-order valence-electron chi connectivity index (χ1n) is 5.27. The van der Waals surface area contributed by atoms with E-state index in [0.717, 1.165) is 0 Å². The van der Waals surface area contributed by atoms with E-state index in [-0.39, 0.29) is 18.7 Å². The molecule has 1 aromatic rings. The molecule has 0 radical (unpaired) electrons. The molecule has 1 amide bonds. The van der Waals surface area contributed by atoms with Crippen LogP contribution >= 0.6 is 0 Å². The van der Waals surface area contributed by atoms with Crippen molar-refractivity contribution < 1.29 is 14.6 Å². The number of hydrogen-bond donors (Lipinski definition) is 2. The molecule has 0 bridgehead atoms. The van der Waals surface area contributed by atoms with Crippen LogP contribution in [0.25, 0.3) is 0 Å². The van der Waals surface area contributed by atoms with Gasteiger partial charge in [-0.1, -0.05) is 0 Å². The number of pyridine rings is 1. The first-order chi connectivity index (χ1) is 8.20. The zero-order valence-corrected chi connectivity index (χ0v) is 9.68. The predicted molar refractivity (Wildman–Crippen MR) is 61.9 cm³/mol. The van der Waals surface area contributed by atoms with E-state index in [1.165, 1.54) is 24.3 Å². The highest BCUT2D eigenvalue weighted by Crippen LogP contribution is 1.99. The minimum Gasteiger partial charge on any atom is -0.395 e. The molecule has 1 aromatic heterocycles. The molecule has 0 aliphatic carbocycles. The fourth-order valence-electron chi connectivity index (χ4n) is 1.40. The lowest BCUT2D eigenvalue weighted by atomic mass is 10.2. The summed E-state index contributed by atoms with van der Waals surface area (Å²) in [7, 11) is 1.52. The fraction of sp³-hybridized carbons (Fsp3) is 0.455. The van der Waals surface area contributed by atoms with Crippen LogP contribution in [0.5, 0.6) is 0 Å². The molecule has 94 valence electrons. The molecule has 0 unspecified atom stereocenters. The number of amides is 1. The van der Waals surface area contributed by atoms with Gasteiger partial charge in [-0.15, -0.1) is 0 Å². The SMILES string of the molecule is COCCN(CCO)C(=O)c1ccc[nH]c1=O. The molecule has 6 nitrogen and oxygen atoms in total. The van der Waals surface area contributed by atoms with Gasteiger partial charge in [0.2, 0.25) is 0 Å². The third-order valence-corrected chi connectivity index (χ3v) is 2.27. The minimum absolute atomic E-state index is 0.0667. The van der Waals surface area contributed by atoms with Gasteiger partial charge in [-0.3, -0.25) is 9.59 Å². The second kappa shape index (κ2) is 6.82. The number of H-pyrrole nitrogens is 1. The molecule has 0 atom stereocenters. The van der Waals surface area contributed by atoms with Crippen molar-refractivity contribution >= 4 is 5.91 Å². The molecule has 0 aliphatic rings. The highest BCUT2D eigenvalue weighted by Gasteiger charge is 2.17. The number of aromatic amines is 1. The van der Waals surface area contributed by atoms with Crippen LogP contribution in [0.4, 0.5) is 0 Å². The maximum absolute atomic E-state index is 12.0. The maximum Gasteiger partial charge on any atom is 0.260 e. The van der Waals surface area contributed by atoms with Crippen LogP contribution in [-0.2, 0) is 4.74 Å². The molecule has 0 saturated heterocycles. The van der Waals surface area contributed by atoms with Crippen molar-refractivity contribution in [2.45, 2.75) is 0 Å². The van der Waals surface area contributed by atoms with Gasteiger partial charge in [-0.2, -0.15) is 0 Å². The van der Waals surface area contributed by atoms with Crippen LogP contribution < -0.4 is 5.56 Å². The van der Waals surface area contributed by atoms with Crippen LogP contribution in [0.3, 0.4) is 0 Å². The Hall–Kier alpha value is -1.66. The number of hydrogen-bond acceptors (Lipinski definition) is 4. The molecular formula is C11H16N2O4. The number of carbonyl (C=O) groups is 1. The van der Waals surface area contributed by atoms with Gasteiger partial charge in [-0.05, 0) is 12.1 Å². The van der Waals surface area contributed by atoms with E-state index < -0.39 is 11.5 Å². The first kappa shape index (κ1) is 13.4. The fourth-order valence-corrected chi connectivity index (χ4v) is 1.40. The summed E-state index contributed by atoms with van der Waals surface area (Å²) in [5.41, 5.74) is -0.366. The molecule has 0 aromatic carbocycles. The van der Waals surface area contributed by atoms with Crippen molar-refractivity contribution in [3.63, 3.8) is 0 Å². The number of ether oxygens (including phenoxy) is 1. The Balaban J connectivity index is 2.84. The highest BCUT2D eigenvalue weighted by atomic mass is 16.5. The van der Waals surface area contributed by atoms with Crippen LogP contribution in [0, 0.1) is 0 Å². The van der Waals surface area contributed by atoms with Crippen molar-refractivity contribution in [1.82, 2.24) is 9.88 Å². The van der Waals surface area contributed by atoms with E-state index >= 15 is 0 Å². The van der Waals surface area contributed by atoms with Crippen molar-refractivity contribution in [2.24, 2.45) is 0 Å². The van der Waals surface area contributed by atoms with Gasteiger partial charge < -0.3 is 19.7 Å². The second-order valence-corrected chi connectivity index (χ2v) is 3.42. The van der Waals surface area contributed by atoms with Crippen LogP contribution in [0.1, 0.15) is 10.4 Å². The Kier molecular flexibility index (Phi) is 5.38. The molecule has 1 heterocycles. The van der Waals surface area contributed by atoms with Gasteiger partial charge in [0.1, 0.15) is 5.56 Å². The summed E-state index contributed by atoms with van der Waals surface area (Å²) in [5, 5.41) is 8.88. The molecule has 0 fully saturated rings. The van der Waals surface area contributed by atoms with Gasteiger partial charge in [0.05, 0.1) is 13.2 Å². The van der Waals surface area contributed by atoms with Crippen molar-refractivity contribution in [2.75, 3.05) is 33.4 Å². The standard InChI is InChI=1S/C11H16N2O4/c1-17-8-6-13(5-7-14)11(16)9-3-2-4-12-10(9)15/h2-4,14H,5-8H2,1H3,(H,12,15). The molecule has 17 heavy (non-hydrogen) atoms. The molecule has 1 rings (SSSR count). The third-order valence-electron chi connectivity index (χ3n) is 2.27. The zero-order valence-electron chi connectivity index (χ0n) is 9.68. The third kappa shape index (κ3) is 3.69. The summed E-state index contributed by atoms with van der Waals surface area (Å²) >= 11 is 0. The van der Waals surface area contributed by atoms with Gasteiger partial charge in [0.25, 0.3) is 11.5 Å². The summed E-state index contributed by atoms with van der Waals surface area (Å²) in [6, 6.07) is 3.04. The number of nitrogens with zero attached hydrogens (tertiary/aromatic N) is 1. The van der Waals surface area contributed by atoms with Crippen LogP contribution in [0.15, 0.2) is 23.1 Å². The number of methoxy groups -OCH3 is 1. The van der Waals surface area contributed by atoms with Crippen molar-refractivity contribution in [1.29, 1.82) is 0 Å². The molecular weight excluding hydrogens is 224 g/mol. The summed E-state index contributed by atoms with van der Waals surface area (Å²) in [6.45, 7) is 0.720. The number of aliphatic hydroxyl groups excluding tert-OH is 1. The Morgan fingerprint density at radius 1 is 1.53 bits per heavy atom. The predicted octanol–water partition coefficient (Wildman–Crippen LogP) is -0.544. The largest absolute Gasteiger partial charge is 0.395 e. The van der Waals surface area contributed by atoms with Crippen molar-refractivity contribution in [3.8, 4) is 0 Å². The van der Waals surface area contributed by atoms with Gasteiger partial charge >= 0.3 is 0 Å². The summed E-state index contributed by atoms with van der Waals surface area (Å²) < 4.78 is 4.87. The van der Waals surface area contributed by atoms with Crippen LogP contribution in [0.2, 0.25) is 0 Å². The Morgan fingerprint density at radius 2 is 2.29 bits per heavy atom. The lowest BCUT2D eigenvalue weighted by molar-refractivity contribution is 0.0654. The normalized spacial score (nSPS) is 10.2. The Morgan fingerprint density at radius 3 is 2.88 bits per heavy atom.